The Morgan fingerprint density at radius 1 is 1.21 bits per heavy atom. The van der Waals surface area contributed by atoms with Crippen LogP contribution in [0.2, 0.25) is 0 Å². The lowest BCUT2D eigenvalue weighted by Gasteiger charge is -2.38. The lowest BCUT2D eigenvalue weighted by atomic mass is 10.0. The van der Waals surface area contributed by atoms with Gasteiger partial charge in [0.05, 0.1) is 23.4 Å². The highest BCUT2D eigenvalue weighted by Gasteiger charge is 2.40. The summed E-state index contributed by atoms with van der Waals surface area (Å²) < 4.78 is 6.34. The van der Waals surface area contributed by atoms with Crippen molar-refractivity contribution in [2.24, 2.45) is 5.92 Å². The van der Waals surface area contributed by atoms with Gasteiger partial charge in [0, 0.05) is 6.54 Å². The van der Waals surface area contributed by atoms with Crippen LogP contribution in [0, 0.1) is 19.8 Å². The maximum absolute atomic E-state index is 13.0. The van der Waals surface area contributed by atoms with Crippen LogP contribution in [-0.2, 0) is 4.74 Å². The summed E-state index contributed by atoms with van der Waals surface area (Å²) in [5.41, 5.74) is 1.99. The first-order chi connectivity index (χ1) is 11.6. The second-order valence-corrected chi connectivity index (χ2v) is 7.97. The molecule has 2 fully saturated rings. The molecule has 4 rings (SSSR count). The van der Waals surface area contributed by atoms with Gasteiger partial charge in [-0.2, -0.15) is 0 Å². The Hall–Kier alpha value is -1.72. The Morgan fingerprint density at radius 2 is 1.96 bits per heavy atom. The number of carbonyl (C=O) groups excluding carboxylic acids is 1. The molecule has 0 N–H and O–H groups in total. The van der Waals surface area contributed by atoms with E-state index in [2.05, 4.69) is 17.1 Å². The Kier molecular flexibility index (Phi) is 4.14. The SMILES string of the molecule is Cc1nc(C)c(C(=O)N2C[C@@H](c3ccccc3)O[C@@H](C3CC3)C2)s1. The number of aromatic nitrogens is 1. The standard InChI is InChI=1S/C19H22N2O2S/c1-12-18(24-13(2)20-12)19(22)21-10-16(14-6-4-3-5-7-14)23-17(11-21)15-8-9-15/h3-7,15-17H,8-11H2,1-2H3/t16-,17+/m0/s1. The van der Waals surface area contributed by atoms with Gasteiger partial charge < -0.3 is 9.64 Å². The zero-order valence-electron chi connectivity index (χ0n) is 14.1. The molecule has 1 saturated heterocycles. The number of amides is 1. The third-order valence-electron chi connectivity index (χ3n) is 4.83. The molecule has 0 radical (unpaired) electrons. The quantitative estimate of drug-likeness (QED) is 0.853. The molecular formula is C19H22N2O2S. The average Bonchev–Trinajstić information content (AvgIpc) is 3.39. The number of benzene rings is 1. The van der Waals surface area contributed by atoms with Crippen molar-refractivity contribution < 1.29 is 9.53 Å². The summed E-state index contributed by atoms with van der Waals surface area (Å²) in [6.07, 6.45) is 2.55. The molecule has 2 atom stereocenters. The van der Waals surface area contributed by atoms with E-state index in [1.807, 2.05) is 36.9 Å². The third-order valence-corrected chi connectivity index (χ3v) is 5.89. The molecule has 1 aromatic carbocycles. The number of thiazole rings is 1. The number of aryl methyl sites for hydroxylation is 2. The van der Waals surface area contributed by atoms with E-state index >= 15 is 0 Å². The van der Waals surface area contributed by atoms with Crippen LogP contribution in [0.3, 0.4) is 0 Å². The van der Waals surface area contributed by atoms with Crippen molar-refractivity contribution in [2.75, 3.05) is 13.1 Å². The van der Waals surface area contributed by atoms with Crippen molar-refractivity contribution in [2.45, 2.75) is 38.9 Å². The fourth-order valence-corrected chi connectivity index (χ4v) is 4.30. The van der Waals surface area contributed by atoms with Crippen molar-refractivity contribution in [1.82, 2.24) is 9.88 Å². The zero-order chi connectivity index (χ0) is 16.7. The van der Waals surface area contributed by atoms with Crippen molar-refractivity contribution in [1.29, 1.82) is 0 Å². The number of hydrogen-bond acceptors (Lipinski definition) is 4. The van der Waals surface area contributed by atoms with Crippen LogP contribution in [-0.4, -0.2) is 35.0 Å². The Balaban J connectivity index is 1.59. The number of rotatable bonds is 3. The second-order valence-electron chi connectivity index (χ2n) is 6.77. The largest absolute Gasteiger partial charge is 0.366 e. The molecule has 1 aromatic heterocycles. The Morgan fingerprint density at radius 3 is 2.58 bits per heavy atom. The topological polar surface area (TPSA) is 42.4 Å². The Labute approximate surface area is 146 Å². The maximum Gasteiger partial charge on any atom is 0.266 e. The summed E-state index contributed by atoms with van der Waals surface area (Å²) in [6.45, 7) is 5.18. The molecule has 1 aliphatic heterocycles. The number of ether oxygens (including phenoxy) is 1. The van der Waals surface area contributed by atoms with Crippen LogP contribution in [0.5, 0.6) is 0 Å². The van der Waals surface area contributed by atoms with E-state index in [0.717, 1.165) is 21.1 Å². The van der Waals surface area contributed by atoms with Crippen LogP contribution >= 0.6 is 11.3 Å². The molecule has 0 bridgehead atoms. The predicted octanol–water partition coefficient (Wildman–Crippen LogP) is 3.75. The van der Waals surface area contributed by atoms with Crippen molar-refractivity contribution >= 4 is 17.2 Å². The minimum absolute atomic E-state index is 0.0381. The van der Waals surface area contributed by atoms with Gasteiger partial charge >= 0.3 is 0 Å². The summed E-state index contributed by atoms with van der Waals surface area (Å²) in [7, 11) is 0. The van der Waals surface area contributed by atoms with Crippen molar-refractivity contribution in [3.05, 3.63) is 51.5 Å². The molecule has 2 aliphatic rings. The van der Waals surface area contributed by atoms with Gasteiger partial charge in [-0.15, -0.1) is 11.3 Å². The van der Waals surface area contributed by atoms with Crippen LogP contribution in [0.15, 0.2) is 30.3 Å². The van der Waals surface area contributed by atoms with Gasteiger partial charge in [-0.1, -0.05) is 30.3 Å². The van der Waals surface area contributed by atoms with E-state index in [1.54, 1.807) is 0 Å². The molecule has 24 heavy (non-hydrogen) atoms. The number of carbonyl (C=O) groups is 1. The molecular weight excluding hydrogens is 320 g/mol. The molecule has 1 saturated carbocycles. The summed E-state index contributed by atoms with van der Waals surface area (Å²) in [5.74, 6) is 0.712. The second kappa shape index (κ2) is 6.30. The number of morpholine rings is 1. The van der Waals surface area contributed by atoms with Crippen LogP contribution in [0.4, 0.5) is 0 Å². The van der Waals surface area contributed by atoms with Gasteiger partial charge in [0.1, 0.15) is 11.0 Å². The van der Waals surface area contributed by atoms with Crippen LogP contribution in [0.1, 0.15) is 44.9 Å². The van der Waals surface area contributed by atoms with E-state index in [-0.39, 0.29) is 18.1 Å². The van der Waals surface area contributed by atoms with Crippen LogP contribution in [0.25, 0.3) is 0 Å². The fourth-order valence-electron chi connectivity index (χ4n) is 3.41. The lowest BCUT2D eigenvalue weighted by Crippen LogP contribution is -2.47. The summed E-state index contributed by atoms with van der Waals surface area (Å²) in [5, 5.41) is 0.947. The molecule has 1 amide bonds. The fraction of sp³-hybridized carbons (Fsp3) is 0.474. The minimum Gasteiger partial charge on any atom is -0.366 e. The molecule has 2 heterocycles. The van der Waals surface area contributed by atoms with E-state index in [4.69, 9.17) is 4.74 Å². The lowest BCUT2D eigenvalue weighted by molar-refractivity contribution is -0.0863. The van der Waals surface area contributed by atoms with Gasteiger partial charge in [-0.25, -0.2) is 4.98 Å². The van der Waals surface area contributed by atoms with Gasteiger partial charge in [-0.3, -0.25) is 4.79 Å². The van der Waals surface area contributed by atoms with E-state index in [1.165, 1.54) is 24.2 Å². The predicted molar refractivity (Wildman–Crippen MR) is 94.3 cm³/mol. The normalized spacial score (nSPS) is 24.2. The maximum atomic E-state index is 13.0. The summed E-state index contributed by atoms with van der Waals surface area (Å²) in [4.78, 5) is 20.2. The van der Waals surface area contributed by atoms with Crippen molar-refractivity contribution in [3.8, 4) is 0 Å². The first kappa shape index (κ1) is 15.8. The molecule has 2 aromatic rings. The zero-order valence-corrected chi connectivity index (χ0v) is 14.9. The summed E-state index contributed by atoms with van der Waals surface area (Å²) >= 11 is 1.50. The molecule has 0 unspecified atom stereocenters. The smallest absolute Gasteiger partial charge is 0.266 e. The summed E-state index contributed by atoms with van der Waals surface area (Å²) in [6, 6.07) is 10.2. The number of nitrogens with zero attached hydrogens (tertiary/aromatic N) is 2. The van der Waals surface area contributed by atoms with Gasteiger partial charge in [0.25, 0.3) is 5.91 Å². The third kappa shape index (κ3) is 3.10. The Bertz CT molecular complexity index is 739. The highest BCUT2D eigenvalue weighted by molar-refractivity contribution is 7.13. The average molecular weight is 342 g/mol. The first-order valence-corrected chi connectivity index (χ1v) is 9.37. The molecule has 1 aliphatic carbocycles. The molecule has 126 valence electrons. The molecule has 4 nitrogen and oxygen atoms in total. The van der Waals surface area contributed by atoms with Crippen molar-refractivity contribution in [3.63, 3.8) is 0 Å². The monoisotopic (exact) mass is 342 g/mol. The molecule has 0 spiro atoms. The highest BCUT2D eigenvalue weighted by Crippen LogP contribution is 2.40. The van der Waals surface area contributed by atoms with Gasteiger partial charge in [-0.05, 0) is 38.2 Å². The first-order valence-electron chi connectivity index (χ1n) is 8.55. The highest BCUT2D eigenvalue weighted by atomic mass is 32.1. The van der Waals surface area contributed by atoms with Gasteiger partial charge in [0.2, 0.25) is 0 Å². The molecule has 5 heteroatoms. The van der Waals surface area contributed by atoms with E-state index in [9.17, 15) is 4.79 Å². The minimum atomic E-state index is -0.0381. The van der Waals surface area contributed by atoms with Crippen LogP contribution < -0.4 is 0 Å². The van der Waals surface area contributed by atoms with E-state index < -0.39 is 0 Å². The van der Waals surface area contributed by atoms with Gasteiger partial charge in [0.15, 0.2) is 0 Å². The number of hydrogen-bond donors (Lipinski definition) is 0. The van der Waals surface area contributed by atoms with E-state index in [0.29, 0.717) is 19.0 Å².